The molecule has 0 spiro atoms. The van der Waals surface area contributed by atoms with Crippen LogP contribution in [0.1, 0.15) is 10.6 Å². The van der Waals surface area contributed by atoms with Gasteiger partial charge in [-0.3, -0.25) is 14.5 Å². The van der Waals surface area contributed by atoms with Gasteiger partial charge in [0, 0.05) is 58.0 Å². The number of benzene rings is 1. The molecule has 2 amide bonds. The number of furan rings is 1. The summed E-state index contributed by atoms with van der Waals surface area (Å²) in [6.45, 7) is 5.90. The molecule has 4 rings (SSSR count). The summed E-state index contributed by atoms with van der Waals surface area (Å²) in [5.41, 5.74) is 1.06. The Balaban J connectivity index is 1.21. The van der Waals surface area contributed by atoms with E-state index in [1.165, 1.54) is 6.26 Å². The van der Waals surface area contributed by atoms with E-state index in [1.54, 1.807) is 29.2 Å². The Labute approximate surface area is 169 Å². The van der Waals surface area contributed by atoms with Crippen LogP contribution in [0, 0.1) is 0 Å². The largest absolute Gasteiger partial charge is 0.508 e. The second-order valence-electron chi connectivity index (χ2n) is 7.43. The van der Waals surface area contributed by atoms with Crippen LogP contribution in [0.25, 0.3) is 0 Å². The normalized spacial score (nSPS) is 18.1. The number of rotatable bonds is 4. The van der Waals surface area contributed by atoms with Crippen LogP contribution in [0.2, 0.25) is 0 Å². The fraction of sp³-hybridized carbons (Fsp3) is 0.429. The number of nitrogens with zero attached hydrogens (tertiary/aromatic N) is 4. The third-order valence-electron chi connectivity index (χ3n) is 5.60. The Morgan fingerprint density at radius 2 is 1.52 bits per heavy atom. The predicted octanol–water partition coefficient (Wildman–Crippen LogP) is 1.09. The summed E-state index contributed by atoms with van der Waals surface area (Å²) in [5, 5.41) is 9.42. The molecule has 2 saturated heterocycles. The molecule has 0 saturated carbocycles. The molecule has 29 heavy (non-hydrogen) atoms. The fourth-order valence-corrected chi connectivity index (χ4v) is 3.83. The molecule has 2 aliphatic rings. The molecule has 154 valence electrons. The van der Waals surface area contributed by atoms with E-state index in [9.17, 15) is 14.7 Å². The van der Waals surface area contributed by atoms with Gasteiger partial charge in [-0.25, -0.2) is 0 Å². The SMILES string of the molecule is O=C(CN1CCN(C(=O)c2ccco2)CC1)N1CCN(c2ccc(O)cc2)CC1. The first-order valence-electron chi connectivity index (χ1n) is 9.97. The first kappa shape index (κ1) is 19.3. The molecule has 0 unspecified atom stereocenters. The summed E-state index contributed by atoms with van der Waals surface area (Å²) in [6.07, 6.45) is 1.50. The van der Waals surface area contributed by atoms with E-state index in [2.05, 4.69) is 9.80 Å². The highest BCUT2D eigenvalue weighted by Gasteiger charge is 2.27. The summed E-state index contributed by atoms with van der Waals surface area (Å²) in [5.74, 6) is 0.669. The van der Waals surface area contributed by atoms with Crippen molar-refractivity contribution >= 4 is 17.5 Å². The lowest BCUT2D eigenvalue weighted by Crippen LogP contribution is -2.54. The minimum atomic E-state index is -0.0914. The molecule has 1 aromatic heterocycles. The Kier molecular flexibility index (Phi) is 5.71. The highest BCUT2D eigenvalue weighted by Crippen LogP contribution is 2.20. The van der Waals surface area contributed by atoms with E-state index < -0.39 is 0 Å². The van der Waals surface area contributed by atoms with Crippen molar-refractivity contribution in [3.05, 3.63) is 48.4 Å². The zero-order chi connectivity index (χ0) is 20.2. The summed E-state index contributed by atoms with van der Waals surface area (Å²) in [7, 11) is 0. The van der Waals surface area contributed by atoms with Crippen LogP contribution in [0.3, 0.4) is 0 Å². The van der Waals surface area contributed by atoms with Crippen molar-refractivity contribution in [3.63, 3.8) is 0 Å². The van der Waals surface area contributed by atoms with Gasteiger partial charge in [-0.15, -0.1) is 0 Å². The number of anilines is 1. The van der Waals surface area contributed by atoms with Crippen molar-refractivity contribution in [2.45, 2.75) is 0 Å². The first-order valence-corrected chi connectivity index (χ1v) is 9.97. The number of carbonyl (C=O) groups excluding carboxylic acids is 2. The quantitative estimate of drug-likeness (QED) is 0.831. The topological polar surface area (TPSA) is 80.5 Å². The third-order valence-corrected chi connectivity index (χ3v) is 5.60. The average Bonchev–Trinajstić information content (AvgIpc) is 3.29. The number of piperazine rings is 2. The van der Waals surface area contributed by atoms with Crippen LogP contribution >= 0.6 is 0 Å². The van der Waals surface area contributed by atoms with E-state index in [0.717, 1.165) is 18.8 Å². The van der Waals surface area contributed by atoms with Crippen LogP contribution in [0.15, 0.2) is 47.1 Å². The van der Waals surface area contributed by atoms with Crippen molar-refractivity contribution in [1.29, 1.82) is 0 Å². The van der Waals surface area contributed by atoms with E-state index in [-0.39, 0.29) is 17.6 Å². The van der Waals surface area contributed by atoms with Crippen molar-refractivity contribution in [2.75, 3.05) is 63.8 Å². The summed E-state index contributed by atoms with van der Waals surface area (Å²) >= 11 is 0. The maximum Gasteiger partial charge on any atom is 0.289 e. The Morgan fingerprint density at radius 1 is 0.862 bits per heavy atom. The van der Waals surface area contributed by atoms with Crippen LogP contribution in [0.4, 0.5) is 5.69 Å². The minimum Gasteiger partial charge on any atom is -0.508 e. The molecule has 0 atom stereocenters. The number of amides is 2. The van der Waals surface area contributed by atoms with Gasteiger partial charge in [0.25, 0.3) is 5.91 Å². The van der Waals surface area contributed by atoms with Gasteiger partial charge in [-0.05, 0) is 36.4 Å². The van der Waals surface area contributed by atoms with Crippen molar-refractivity contribution in [2.24, 2.45) is 0 Å². The van der Waals surface area contributed by atoms with E-state index in [1.807, 2.05) is 17.0 Å². The van der Waals surface area contributed by atoms with Gasteiger partial charge >= 0.3 is 0 Å². The molecule has 2 aromatic rings. The molecule has 1 aromatic carbocycles. The maximum atomic E-state index is 12.7. The van der Waals surface area contributed by atoms with E-state index >= 15 is 0 Å². The van der Waals surface area contributed by atoms with E-state index in [4.69, 9.17) is 4.42 Å². The molecule has 0 bridgehead atoms. The van der Waals surface area contributed by atoms with E-state index in [0.29, 0.717) is 51.6 Å². The summed E-state index contributed by atoms with van der Waals surface area (Å²) in [4.78, 5) is 33.0. The lowest BCUT2D eigenvalue weighted by atomic mass is 10.2. The van der Waals surface area contributed by atoms with Gasteiger partial charge < -0.3 is 24.2 Å². The molecule has 8 heteroatoms. The summed E-state index contributed by atoms with van der Waals surface area (Å²) in [6, 6.07) is 10.6. The molecule has 2 fully saturated rings. The monoisotopic (exact) mass is 398 g/mol. The zero-order valence-electron chi connectivity index (χ0n) is 16.4. The smallest absolute Gasteiger partial charge is 0.289 e. The van der Waals surface area contributed by atoms with Crippen LogP contribution in [-0.4, -0.2) is 90.5 Å². The second kappa shape index (κ2) is 8.57. The molecule has 8 nitrogen and oxygen atoms in total. The van der Waals surface area contributed by atoms with Crippen LogP contribution in [0.5, 0.6) is 5.75 Å². The average molecular weight is 398 g/mol. The molecular formula is C21H26N4O4. The van der Waals surface area contributed by atoms with Gasteiger partial charge in [0.2, 0.25) is 5.91 Å². The lowest BCUT2D eigenvalue weighted by molar-refractivity contribution is -0.133. The number of phenols is 1. The van der Waals surface area contributed by atoms with Gasteiger partial charge in [0.1, 0.15) is 5.75 Å². The molecule has 1 N–H and O–H groups in total. The Morgan fingerprint density at radius 3 is 2.14 bits per heavy atom. The van der Waals surface area contributed by atoms with Crippen molar-refractivity contribution in [1.82, 2.24) is 14.7 Å². The van der Waals surface area contributed by atoms with Crippen molar-refractivity contribution in [3.8, 4) is 5.75 Å². The van der Waals surface area contributed by atoms with Crippen LogP contribution in [-0.2, 0) is 4.79 Å². The lowest BCUT2D eigenvalue weighted by Gasteiger charge is -2.38. The predicted molar refractivity (Wildman–Crippen MR) is 108 cm³/mol. The minimum absolute atomic E-state index is 0.0914. The number of hydrogen-bond acceptors (Lipinski definition) is 6. The zero-order valence-corrected chi connectivity index (χ0v) is 16.4. The van der Waals surface area contributed by atoms with Gasteiger partial charge in [0.05, 0.1) is 12.8 Å². The van der Waals surface area contributed by atoms with Gasteiger partial charge in [-0.2, -0.15) is 0 Å². The van der Waals surface area contributed by atoms with Gasteiger partial charge in [-0.1, -0.05) is 0 Å². The summed E-state index contributed by atoms with van der Waals surface area (Å²) < 4.78 is 5.18. The van der Waals surface area contributed by atoms with Gasteiger partial charge in [0.15, 0.2) is 5.76 Å². The standard InChI is InChI=1S/C21H26N4O4/c26-18-5-3-17(4-6-18)23-11-13-24(14-12-23)20(27)16-22-7-9-25(10-8-22)21(28)19-2-1-15-29-19/h1-6,15,26H,7-14,16H2. The Hall–Kier alpha value is -3.00. The molecule has 0 aliphatic carbocycles. The Bertz CT molecular complexity index is 821. The van der Waals surface area contributed by atoms with Crippen molar-refractivity contribution < 1.29 is 19.1 Å². The maximum absolute atomic E-state index is 12.7. The molecule has 2 aliphatic heterocycles. The third kappa shape index (κ3) is 4.54. The number of carbonyl (C=O) groups is 2. The number of aromatic hydroxyl groups is 1. The molecule has 3 heterocycles. The molecular weight excluding hydrogens is 372 g/mol. The molecule has 0 radical (unpaired) electrons. The second-order valence-corrected chi connectivity index (χ2v) is 7.43. The number of phenolic OH excluding ortho intramolecular Hbond substituents is 1. The first-order chi connectivity index (χ1) is 14.1. The fourth-order valence-electron chi connectivity index (χ4n) is 3.83. The highest BCUT2D eigenvalue weighted by molar-refractivity contribution is 5.91. The highest BCUT2D eigenvalue weighted by atomic mass is 16.3. The number of hydrogen-bond donors (Lipinski definition) is 1. The van der Waals surface area contributed by atoms with Crippen LogP contribution < -0.4 is 4.90 Å².